The smallest absolute Gasteiger partial charge is 0.311 e. The zero-order chi connectivity index (χ0) is 18.8. The van der Waals surface area contributed by atoms with E-state index in [-0.39, 0.29) is 11.7 Å². The predicted molar refractivity (Wildman–Crippen MR) is 109 cm³/mol. The first-order valence-electron chi connectivity index (χ1n) is 9.12. The summed E-state index contributed by atoms with van der Waals surface area (Å²) in [6, 6.07) is 23.1. The molecule has 4 aromatic carbocycles. The molecule has 27 heavy (non-hydrogen) atoms. The highest BCUT2D eigenvalue weighted by Gasteiger charge is 2.19. The number of hydrogen-bond acceptors (Lipinski definition) is 3. The van der Waals surface area contributed by atoms with Gasteiger partial charge in [-0.25, -0.2) is 0 Å². The minimum absolute atomic E-state index is 0.165. The fourth-order valence-electron chi connectivity index (χ4n) is 3.50. The quantitative estimate of drug-likeness (QED) is 0.356. The number of aromatic hydroxyl groups is 1. The Balaban J connectivity index is 2.06. The summed E-state index contributed by atoms with van der Waals surface area (Å²) >= 11 is 0. The molecule has 4 aromatic rings. The first-order valence-corrected chi connectivity index (χ1v) is 9.12. The third kappa shape index (κ3) is 3.13. The number of rotatable bonds is 4. The first kappa shape index (κ1) is 17.1. The second kappa shape index (κ2) is 7.12. The Morgan fingerprint density at radius 1 is 0.815 bits per heavy atom. The molecule has 0 aromatic heterocycles. The number of hydrogen-bond donors (Lipinski definition) is 1. The number of benzene rings is 4. The van der Waals surface area contributed by atoms with Crippen LogP contribution in [0.1, 0.15) is 19.8 Å². The summed E-state index contributed by atoms with van der Waals surface area (Å²) in [6.07, 6.45) is 1.08. The fraction of sp³-hybridized carbons (Fsp3) is 0.125. The lowest BCUT2D eigenvalue weighted by Crippen LogP contribution is -2.08. The van der Waals surface area contributed by atoms with E-state index in [1.807, 2.05) is 73.7 Å². The van der Waals surface area contributed by atoms with Crippen molar-refractivity contribution in [3.63, 3.8) is 0 Å². The van der Waals surface area contributed by atoms with E-state index < -0.39 is 0 Å². The van der Waals surface area contributed by atoms with Crippen LogP contribution >= 0.6 is 0 Å². The topological polar surface area (TPSA) is 46.5 Å². The van der Waals surface area contributed by atoms with Gasteiger partial charge in [0.2, 0.25) is 0 Å². The minimum Gasteiger partial charge on any atom is -0.507 e. The molecule has 0 atom stereocenters. The van der Waals surface area contributed by atoms with Crippen LogP contribution in [-0.2, 0) is 4.79 Å². The average Bonchev–Trinajstić information content (AvgIpc) is 2.69. The Kier molecular flexibility index (Phi) is 4.51. The van der Waals surface area contributed by atoms with Gasteiger partial charge < -0.3 is 9.84 Å². The number of phenolic OH excluding ortho intramolecular Hbond substituents is 1. The molecule has 4 rings (SSSR count). The van der Waals surface area contributed by atoms with Gasteiger partial charge in [-0.05, 0) is 40.1 Å². The van der Waals surface area contributed by atoms with E-state index in [1.165, 1.54) is 0 Å². The summed E-state index contributed by atoms with van der Waals surface area (Å²) < 4.78 is 5.70. The number of phenols is 1. The van der Waals surface area contributed by atoms with Crippen LogP contribution in [0.4, 0.5) is 0 Å². The van der Waals surface area contributed by atoms with Crippen LogP contribution in [0.25, 0.3) is 32.7 Å². The number of esters is 1. The molecule has 0 aliphatic rings. The van der Waals surface area contributed by atoms with E-state index in [1.54, 1.807) is 6.07 Å². The highest BCUT2D eigenvalue weighted by Crippen LogP contribution is 2.45. The maximum Gasteiger partial charge on any atom is 0.311 e. The molecule has 0 radical (unpaired) electrons. The van der Waals surface area contributed by atoms with Gasteiger partial charge in [-0.3, -0.25) is 4.79 Å². The molecule has 0 aliphatic carbocycles. The van der Waals surface area contributed by atoms with Gasteiger partial charge >= 0.3 is 5.97 Å². The normalized spacial score (nSPS) is 11.0. The minimum atomic E-state index is -0.270. The molecule has 0 aliphatic heterocycles. The Hall–Kier alpha value is -3.33. The Bertz CT molecular complexity index is 1140. The summed E-state index contributed by atoms with van der Waals surface area (Å²) in [5, 5.41) is 14.6. The number of ether oxygens (including phenoxy) is 1. The zero-order valence-corrected chi connectivity index (χ0v) is 15.1. The highest BCUT2D eigenvalue weighted by molar-refractivity contribution is 6.10. The molecular formula is C24H20O3. The Labute approximate surface area is 157 Å². The molecule has 134 valence electrons. The second-order valence-corrected chi connectivity index (χ2v) is 6.56. The van der Waals surface area contributed by atoms with E-state index in [2.05, 4.69) is 0 Å². The van der Waals surface area contributed by atoms with Crippen LogP contribution in [0.3, 0.4) is 0 Å². The van der Waals surface area contributed by atoms with Crippen LogP contribution in [0, 0.1) is 0 Å². The van der Waals surface area contributed by atoms with Gasteiger partial charge in [0, 0.05) is 17.5 Å². The molecule has 0 spiro atoms. The second-order valence-electron chi connectivity index (χ2n) is 6.56. The summed E-state index contributed by atoms with van der Waals surface area (Å²) in [5.41, 5.74) is 1.43. The lowest BCUT2D eigenvalue weighted by molar-refractivity contribution is -0.134. The summed E-state index contributed by atoms with van der Waals surface area (Å²) in [5.74, 6) is 0.366. The first-order chi connectivity index (χ1) is 13.2. The summed E-state index contributed by atoms with van der Waals surface area (Å²) in [6.45, 7) is 1.94. The van der Waals surface area contributed by atoms with Gasteiger partial charge in [0.1, 0.15) is 11.5 Å². The van der Waals surface area contributed by atoms with E-state index in [9.17, 15) is 9.90 Å². The summed E-state index contributed by atoms with van der Waals surface area (Å²) in [4.78, 5) is 12.2. The molecule has 0 amide bonds. The van der Waals surface area contributed by atoms with Crippen molar-refractivity contribution in [2.24, 2.45) is 0 Å². The lowest BCUT2D eigenvalue weighted by Gasteiger charge is -2.16. The third-order valence-electron chi connectivity index (χ3n) is 4.73. The van der Waals surface area contributed by atoms with Crippen molar-refractivity contribution in [2.75, 3.05) is 0 Å². The van der Waals surface area contributed by atoms with Crippen molar-refractivity contribution >= 4 is 27.5 Å². The maximum absolute atomic E-state index is 12.2. The maximum atomic E-state index is 12.2. The molecule has 0 unspecified atom stereocenters. The van der Waals surface area contributed by atoms with E-state index >= 15 is 0 Å². The average molecular weight is 356 g/mol. The van der Waals surface area contributed by atoms with E-state index in [0.29, 0.717) is 17.7 Å². The predicted octanol–water partition coefficient (Wildman–Crippen LogP) is 6.07. The fourth-order valence-corrected chi connectivity index (χ4v) is 3.50. The van der Waals surface area contributed by atoms with Crippen molar-refractivity contribution in [3.05, 3.63) is 72.8 Å². The van der Waals surface area contributed by atoms with Crippen molar-refractivity contribution in [1.29, 1.82) is 0 Å². The monoisotopic (exact) mass is 356 g/mol. The Morgan fingerprint density at radius 2 is 1.41 bits per heavy atom. The van der Waals surface area contributed by atoms with E-state index in [4.69, 9.17) is 4.74 Å². The van der Waals surface area contributed by atoms with Crippen LogP contribution in [-0.4, -0.2) is 11.1 Å². The van der Waals surface area contributed by atoms with Crippen molar-refractivity contribution in [2.45, 2.75) is 19.8 Å². The van der Waals surface area contributed by atoms with Crippen LogP contribution < -0.4 is 4.74 Å². The van der Waals surface area contributed by atoms with Crippen LogP contribution in [0.5, 0.6) is 11.5 Å². The van der Waals surface area contributed by atoms with Crippen molar-refractivity contribution < 1.29 is 14.6 Å². The summed E-state index contributed by atoms with van der Waals surface area (Å²) in [7, 11) is 0. The molecular weight excluding hydrogens is 336 g/mol. The van der Waals surface area contributed by atoms with Crippen molar-refractivity contribution in [3.8, 4) is 22.6 Å². The van der Waals surface area contributed by atoms with Crippen LogP contribution in [0.15, 0.2) is 72.8 Å². The number of carbonyl (C=O) groups excluding carboxylic acids is 1. The molecule has 1 N–H and O–H groups in total. The molecule has 0 saturated heterocycles. The largest absolute Gasteiger partial charge is 0.507 e. The van der Waals surface area contributed by atoms with Gasteiger partial charge in [-0.1, -0.05) is 67.6 Å². The lowest BCUT2D eigenvalue weighted by atomic mass is 9.92. The molecule has 3 heteroatoms. The zero-order valence-electron chi connectivity index (χ0n) is 15.1. The SMILES string of the molecule is CCCC(=O)Oc1ccc2ccccc2c1-c1c(O)ccc2ccccc12. The molecule has 3 nitrogen and oxygen atoms in total. The van der Waals surface area contributed by atoms with Gasteiger partial charge in [-0.15, -0.1) is 0 Å². The van der Waals surface area contributed by atoms with Gasteiger partial charge in [0.15, 0.2) is 0 Å². The van der Waals surface area contributed by atoms with Gasteiger partial charge in [-0.2, -0.15) is 0 Å². The highest BCUT2D eigenvalue weighted by atomic mass is 16.5. The van der Waals surface area contributed by atoms with Gasteiger partial charge in [0.05, 0.1) is 0 Å². The Morgan fingerprint density at radius 3 is 2.07 bits per heavy atom. The molecule has 0 saturated carbocycles. The molecule has 0 bridgehead atoms. The molecule has 0 fully saturated rings. The van der Waals surface area contributed by atoms with Crippen LogP contribution in [0.2, 0.25) is 0 Å². The van der Waals surface area contributed by atoms with Gasteiger partial charge in [0.25, 0.3) is 0 Å². The standard InChI is InChI=1S/C24H20O3/c1-2-7-22(26)27-21-15-13-17-9-4-6-11-19(17)24(21)23-18-10-5-3-8-16(18)12-14-20(23)25/h3-6,8-15,25H,2,7H2,1H3. The van der Waals surface area contributed by atoms with Crippen molar-refractivity contribution in [1.82, 2.24) is 0 Å². The number of fused-ring (bicyclic) bond motifs is 2. The van der Waals surface area contributed by atoms with E-state index in [0.717, 1.165) is 33.5 Å². The third-order valence-corrected chi connectivity index (χ3v) is 4.73. The number of carbonyl (C=O) groups is 1. The molecule has 0 heterocycles.